The van der Waals surface area contributed by atoms with Crippen molar-refractivity contribution in [1.82, 2.24) is 4.98 Å². The fraction of sp³-hybridized carbons (Fsp3) is 0.200. The molecule has 1 N–H and O–H groups in total. The molecule has 198 valence electrons. The maximum atomic E-state index is 13.7. The number of carbonyl (C=O) groups excluding carboxylic acids is 2. The van der Waals surface area contributed by atoms with E-state index in [4.69, 9.17) is 4.74 Å². The van der Waals surface area contributed by atoms with Gasteiger partial charge in [0, 0.05) is 11.3 Å². The Morgan fingerprint density at radius 1 is 1.11 bits per heavy atom. The van der Waals surface area contributed by atoms with Gasteiger partial charge in [0.15, 0.2) is 0 Å². The number of anilines is 1. The highest BCUT2D eigenvalue weighted by Gasteiger charge is 2.36. The van der Waals surface area contributed by atoms with Crippen molar-refractivity contribution in [2.75, 3.05) is 17.7 Å². The monoisotopic (exact) mass is 551 g/mol. The number of esters is 1. The number of thioether (sulfide) groups is 1. The molecule has 0 radical (unpaired) electrons. The highest BCUT2D eigenvalue weighted by atomic mass is 32.2. The summed E-state index contributed by atoms with van der Waals surface area (Å²) in [5.74, 6) is -1.72. The first-order chi connectivity index (χ1) is 18.0. The Morgan fingerprint density at radius 3 is 2.32 bits per heavy atom. The lowest BCUT2D eigenvalue weighted by atomic mass is 10.1. The number of ether oxygens (including phenoxy) is 2. The van der Waals surface area contributed by atoms with Crippen LogP contribution in [0.5, 0.6) is 5.75 Å². The van der Waals surface area contributed by atoms with E-state index in [9.17, 15) is 36.8 Å². The Hall–Kier alpha value is -4.18. The third kappa shape index (κ3) is 7.42. The highest BCUT2D eigenvalue weighted by molar-refractivity contribution is 8.00. The number of nitrogens with one attached hydrogen (secondary N) is 1. The van der Waals surface area contributed by atoms with Crippen LogP contribution >= 0.6 is 11.8 Å². The quantitative estimate of drug-likeness (QED) is 0.193. The van der Waals surface area contributed by atoms with E-state index in [-0.39, 0.29) is 40.0 Å². The summed E-state index contributed by atoms with van der Waals surface area (Å²) >= 11 is 0.621. The SMILES string of the molecule is CCOC(=O)c1ccc(NC(=O)CSc2nc(-c3ccc(OC(F)F)cc3)cc(C(F)(F)F)c2C#N)cc1. The summed E-state index contributed by atoms with van der Waals surface area (Å²) in [5, 5.41) is 11.6. The average molecular weight is 551 g/mol. The van der Waals surface area contributed by atoms with E-state index in [2.05, 4.69) is 15.0 Å². The van der Waals surface area contributed by atoms with Gasteiger partial charge in [-0.2, -0.15) is 27.2 Å². The molecule has 1 heterocycles. The van der Waals surface area contributed by atoms with E-state index in [1.54, 1.807) is 6.92 Å². The van der Waals surface area contributed by atoms with Gasteiger partial charge in [0.1, 0.15) is 16.8 Å². The largest absolute Gasteiger partial charge is 0.462 e. The summed E-state index contributed by atoms with van der Waals surface area (Å²) in [5.41, 5.74) is -1.45. The molecule has 0 spiro atoms. The van der Waals surface area contributed by atoms with Gasteiger partial charge in [0.05, 0.1) is 34.7 Å². The number of benzene rings is 2. The minimum Gasteiger partial charge on any atom is -0.462 e. The normalized spacial score (nSPS) is 11.1. The van der Waals surface area contributed by atoms with E-state index in [0.29, 0.717) is 23.5 Å². The molecular weight excluding hydrogens is 533 g/mol. The molecular formula is C25H18F5N3O4S. The van der Waals surface area contributed by atoms with E-state index in [1.807, 2.05) is 0 Å². The van der Waals surface area contributed by atoms with Crippen LogP contribution in [0.15, 0.2) is 59.6 Å². The zero-order valence-corrected chi connectivity index (χ0v) is 20.3. The number of nitriles is 1. The van der Waals surface area contributed by atoms with Gasteiger partial charge >= 0.3 is 18.8 Å². The van der Waals surface area contributed by atoms with Gasteiger partial charge in [-0.1, -0.05) is 11.8 Å². The van der Waals surface area contributed by atoms with Crippen molar-refractivity contribution in [3.05, 3.63) is 71.3 Å². The van der Waals surface area contributed by atoms with Crippen molar-refractivity contribution in [3.8, 4) is 23.1 Å². The van der Waals surface area contributed by atoms with Crippen molar-refractivity contribution in [3.63, 3.8) is 0 Å². The average Bonchev–Trinajstić information content (AvgIpc) is 2.87. The second kappa shape index (κ2) is 12.4. The Morgan fingerprint density at radius 2 is 1.76 bits per heavy atom. The molecule has 0 atom stereocenters. The van der Waals surface area contributed by atoms with Gasteiger partial charge in [-0.15, -0.1) is 0 Å². The van der Waals surface area contributed by atoms with Gasteiger partial charge in [-0.25, -0.2) is 9.78 Å². The van der Waals surface area contributed by atoms with Crippen molar-refractivity contribution >= 4 is 29.3 Å². The van der Waals surface area contributed by atoms with Crippen molar-refractivity contribution < 1.29 is 41.0 Å². The first-order valence-corrected chi connectivity index (χ1v) is 11.8. The third-order valence-corrected chi connectivity index (χ3v) is 5.77. The number of aromatic nitrogens is 1. The van der Waals surface area contributed by atoms with Gasteiger partial charge in [0.2, 0.25) is 5.91 Å². The Kier molecular flexibility index (Phi) is 9.25. The Balaban J connectivity index is 1.82. The summed E-state index contributed by atoms with van der Waals surface area (Å²) in [7, 11) is 0. The van der Waals surface area contributed by atoms with Crippen LogP contribution in [0.4, 0.5) is 27.6 Å². The van der Waals surface area contributed by atoms with E-state index in [1.165, 1.54) is 42.5 Å². The van der Waals surface area contributed by atoms with Crippen LogP contribution in [0.25, 0.3) is 11.3 Å². The number of carbonyl (C=O) groups is 2. The molecule has 3 aromatic rings. The summed E-state index contributed by atoms with van der Waals surface area (Å²) < 4.78 is 75.1. The zero-order chi connectivity index (χ0) is 27.9. The fourth-order valence-electron chi connectivity index (χ4n) is 3.15. The van der Waals surface area contributed by atoms with Crippen molar-refractivity contribution in [2.24, 2.45) is 0 Å². The van der Waals surface area contributed by atoms with E-state index >= 15 is 0 Å². The number of halogens is 5. The molecule has 0 aliphatic heterocycles. The van der Waals surface area contributed by atoms with E-state index in [0.717, 1.165) is 12.1 Å². The number of amides is 1. The van der Waals surface area contributed by atoms with Gasteiger partial charge in [0.25, 0.3) is 0 Å². The van der Waals surface area contributed by atoms with Gasteiger partial charge in [-0.3, -0.25) is 4.79 Å². The zero-order valence-electron chi connectivity index (χ0n) is 19.5. The number of pyridine rings is 1. The predicted molar refractivity (Wildman–Crippen MR) is 128 cm³/mol. The molecule has 0 fully saturated rings. The van der Waals surface area contributed by atoms with Crippen LogP contribution < -0.4 is 10.1 Å². The lowest BCUT2D eigenvalue weighted by molar-refractivity contribution is -0.138. The van der Waals surface area contributed by atoms with Crippen molar-refractivity contribution in [2.45, 2.75) is 24.7 Å². The van der Waals surface area contributed by atoms with Gasteiger partial charge < -0.3 is 14.8 Å². The third-order valence-electron chi connectivity index (χ3n) is 4.80. The molecule has 0 saturated carbocycles. The Bertz CT molecular complexity index is 1340. The second-order valence-corrected chi connectivity index (χ2v) is 8.35. The summed E-state index contributed by atoms with van der Waals surface area (Å²) in [6, 6.07) is 12.7. The van der Waals surface area contributed by atoms with Crippen LogP contribution in [0.3, 0.4) is 0 Å². The molecule has 0 aliphatic rings. The van der Waals surface area contributed by atoms with Crippen LogP contribution in [0.2, 0.25) is 0 Å². The maximum Gasteiger partial charge on any atom is 0.417 e. The van der Waals surface area contributed by atoms with Crippen LogP contribution in [0.1, 0.15) is 28.4 Å². The van der Waals surface area contributed by atoms with Gasteiger partial charge in [-0.05, 0) is 61.5 Å². The molecule has 1 aromatic heterocycles. The number of hydrogen-bond acceptors (Lipinski definition) is 7. The summed E-state index contributed by atoms with van der Waals surface area (Å²) in [6.07, 6.45) is -4.90. The molecule has 13 heteroatoms. The van der Waals surface area contributed by atoms with Crippen molar-refractivity contribution in [1.29, 1.82) is 5.26 Å². The molecule has 1 amide bonds. The minimum absolute atomic E-state index is 0.148. The molecule has 0 bridgehead atoms. The lowest BCUT2D eigenvalue weighted by Crippen LogP contribution is -2.15. The Labute approximate surface area is 217 Å². The highest BCUT2D eigenvalue weighted by Crippen LogP contribution is 2.38. The molecule has 38 heavy (non-hydrogen) atoms. The number of nitrogens with zero attached hydrogens (tertiary/aromatic N) is 2. The molecule has 3 rings (SSSR count). The minimum atomic E-state index is -4.90. The van der Waals surface area contributed by atoms with Crippen LogP contribution in [-0.2, 0) is 15.7 Å². The van der Waals surface area contributed by atoms with E-state index < -0.39 is 35.8 Å². The number of hydrogen-bond donors (Lipinski definition) is 1. The molecule has 0 unspecified atom stereocenters. The molecule has 2 aromatic carbocycles. The second-order valence-electron chi connectivity index (χ2n) is 7.38. The summed E-state index contributed by atoms with van der Waals surface area (Å²) in [6.45, 7) is -1.22. The lowest BCUT2D eigenvalue weighted by Gasteiger charge is -2.14. The standard InChI is InChI=1S/C25H18F5N3O4S/c1-2-36-23(35)15-3-7-16(8-4-15)32-21(34)13-38-22-18(12-31)19(25(28,29)30)11-20(33-22)14-5-9-17(10-6-14)37-24(26)27/h3-11,24H,2,13H2,1H3,(H,32,34). The number of alkyl halides is 5. The maximum absolute atomic E-state index is 13.7. The molecule has 0 aliphatic carbocycles. The predicted octanol–water partition coefficient (Wildman–Crippen LogP) is 6.15. The van der Waals surface area contributed by atoms with Crippen LogP contribution in [0, 0.1) is 11.3 Å². The first kappa shape index (κ1) is 28.4. The number of rotatable bonds is 9. The topological polar surface area (TPSA) is 101 Å². The molecule has 7 nitrogen and oxygen atoms in total. The fourth-order valence-corrected chi connectivity index (χ4v) is 3.95. The summed E-state index contributed by atoms with van der Waals surface area (Å²) in [4.78, 5) is 28.3. The smallest absolute Gasteiger partial charge is 0.417 e. The van der Waals surface area contributed by atoms with Crippen LogP contribution in [-0.4, -0.2) is 35.8 Å². The first-order valence-electron chi connectivity index (χ1n) is 10.8. The molecule has 0 saturated heterocycles.